The van der Waals surface area contributed by atoms with Gasteiger partial charge in [0, 0.05) is 32.3 Å². The van der Waals surface area contributed by atoms with E-state index < -0.39 is 0 Å². The number of nitrogens with zero attached hydrogens (tertiary/aromatic N) is 2. The summed E-state index contributed by atoms with van der Waals surface area (Å²) in [5.74, 6) is 1.65. The normalized spacial score (nSPS) is 20.6. The number of aryl methyl sites for hydroxylation is 1. The first kappa shape index (κ1) is 18.3. The fraction of sp³-hybridized carbons (Fsp3) is 0.474. The second kappa shape index (κ2) is 8.23. The number of ether oxygens (including phenoxy) is 2. The third-order valence-corrected chi connectivity index (χ3v) is 4.66. The lowest BCUT2D eigenvalue weighted by molar-refractivity contribution is -0.125. The molecule has 0 bridgehead atoms. The third-order valence-electron chi connectivity index (χ3n) is 4.66. The van der Waals surface area contributed by atoms with Gasteiger partial charge in [-0.3, -0.25) is 9.48 Å². The molecule has 1 aromatic carbocycles. The van der Waals surface area contributed by atoms with Crippen molar-refractivity contribution in [3.8, 4) is 11.5 Å². The summed E-state index contributed by atoms with van der Waals surface area (Å²) in [5, 5.41) is 10.5. The summed E-state index contributed by atoms with van der Waals surface area (Å²) < 4.78 is 12.7. The minimum atomic E-state index is -0.126. The van der Waals surface area contributed by atoms with Crippen LogP contribution in [0.5, 0.6) is 11.5 Å². The van der Waals surface area contributed by atoms with E-state index in [9.17, 15) is 4.79 Å². The fourth-order valence-electron chi connectivity index (χ4n) is 3.24. The summed E-state index contributed by atoms with van der Waals surface area (Å²) in [7, 11) is 3.52. The van der Waals surface area contributed by atoms with Crippen LogP contribution in [0.15, 0.2) is 36.7 Å². The van der Waals surface area contributed by atoms with Crippen LogP contribution < -0.4 is 20.1 Å². The zero-order valence-corrected chi connectivity index (χ0v) is 15.4. The number of methoxy groups -OCH3 is 1. The van der Waals surface area contributed by atoms with Crippen molar-refractivity contribution in [1.29, 1.82) is 0 Å². The number of nitrogens with one attached hydrogen (secondary N) is 2. The van der Waals surface area contributed by atoms with Crippen LogP contribution in [0.2, 0.25) is 0 Å². The van der Waals surface area contributed by atoms with Crippen molar-refractivity contribution in [3.63, 3.8) is 0 Å². The van der Waals surface area contributed by atoms with Gasteiger partial charge in [-0.05, 0) is 36.8 Å². The predicted octanol–water partition coefficient (Wildman–Crippen LogP) is 1.32. The van der Waals surface area contributed by atoms with Gasteiger partial charge in [-0.2, -0.15) is 5.10 Å². The lowest BCUT2D eigenvalue weighted by Crippen LogP contribution is -2.39. The van der Waals surface area contributed by atoms with Crippen molar-refractivity contribution in [3.05, 3.63) is 42.2 Å². The lowest BCUT2D eigenvalue weighted by Gasteiger charge is -2.20. The minimum absolute atomic E-state index is 0.0500. The summed E-state index contributed by atoms with van der Waals surface area (Å²) in [6, 6.07) is 7.42. The lowest BCUT2D eigenvalue weighted by atomic mass is 9.90. The molecule has 1 unspecified atom stereocenters. The summed E-state index contributed by atoms with van der Waals surface area (Å²) in [5.41, 5.74) is 1.10. The standard InChI is InChI=1S/C19H26N4O3/c1-13(26-16-6-4-15(25-3)5-7-16)8-21-19(24)18-11-20-10-17(18)14-9-22-23(2)12-14/h4-7,9,12-13,17-18,20H,8,10-11H2,1-3H3,(H,21,24)/t13?,17-,18+/m1/s1. The average molecular weight is 358 g/mol. The number of aromatic nitrogens is 2. The molecule has 1 aliphatic heterocycles. The van der Waals surface area contributed by atoms with E-state index in [2.05, 4.69) is 15.7 Å². The Labute approximate surface area is 153 Å². The Morgan fingerprint density at radius 2 is 2.08 bits per heavy atom. The summed E-state index contributed by atoms with van der Waals surface area (Å²) in [4.78, 5) is 12.6. The average Bonchev–Trinajstić information content (AvgIpc) is 3.29. The van der Waals surface area contributed by atoms with Gasteiger partial charge >= 0.3 is 0 Å². The first-order valence-corrected chi connectivity index (χ1v) is 8.84. The highest BCUT2D eigenvalue weighted by atomic mass is 16.5. The molecule has 1 aliphatic rings. The van der Waals surface area contributed by atoms with Gasteiger partial charge in [0.25, 0.3) is 0 Å². The molecule has 7 nitrogen and oxygen atoms in total. The Bertz CT molecular complexity index is 729. The van der Waals surface area contributed by atoms with Crippen LogP contribution in [-0.2, 0) is 11.8 Å². The van der Waals surface area contributed by atoms with Crippen LogP contribution in [0.25, 0.3) is 0 Å². The van der Waals surface area contributed by atoms with Gasteiger partial charge in [0.05, 0.1) is 25.8 Å². The minimum Gasteiger partial charge on any atom is -0.497 e. The van der Waals surface area contributed by atoms with Crippen molar-refractivity contribution in [1.82, 2.24) is 20.4 Å². The van der Waals surface area contributed by atoms with Gasteiger partial charge in [-0.1, -0.05) is 0 Å². The maximum atomic E-state index is 12.6. The van der Waals surface area contributed by atoms with Crippen LogP contribution in [0.4, 0.5) is 0 Å². The van der Waals surface area contributed by atoms with Gasteiger partial charge < -0.3 is 20.1 Å². The molecule has 2 heterocycles. The molecule has 26 heavy (non-hydrogen) atoms. The molecular weight excluding hydrogens is 332 g/mol. The SMILES string of the molecule is COc1ccc(OC(C)CNC(=O)[C@H]2CNC[C@@H]2c2cnn(C)c2)cc1. The molecule has 0 spiro atoms. The van der Waals surface area contributed by atoms with Crippen molar-refractivity contribution in [2.24, 2.45) is 13.0 Å². The Morgan fingerprint density at radius 1 is 1.35 bits per heavy atom. The first-order chi connectivity index (χ1) is 12.6. The third kappa shape index (κ3) is 4.35. The van der Waals surface area contributed by atoms with Crippen molar-refractivity contribution in [2.45, 2.75) is 18.9 Å². The van der Waals surface area contributed by atoms with Crippen LogP contribution >= 0.6 is 0 Å². The molecular formula is C19H26N4O3. The molecule has 1 aromatic heterocycles. The van der Waals surface area contributed by atoms with Crippen molar-refractivity contribution >= 4 is 5.91 Å². The second-order valence-corrected chi connectivity index (χ2v) is 6.67. The predicted molar refractivity (Wildman–Crippen MR) is 98.4 cm³/mol. The van der Waals surface area contributed by atoms with Gasteiger partial charge in [0.2, 0.25) is 5.91 Å². The fourth-order valence-corrected chi connectivity index (χ4v) is 3.24. The van der Waals surface area contributed by atoms with E-state index in [0.717, 1.165) is 23.6 Å². The quantitative estimate of drug-likeness (QED) is 0.780. The molecule has 140 valence electrons. The van der Waals surface area contributed by atoms with Crippen LogP contribution in [-0.4, -0.2) is 48.5 Å². The number of carbonyl (C=O) groups is 1. The van der Waals surface area contributed by atoms with Crippen LogP contribution in [0.1, 0.15) is 18.4 Å². The number of amides is 1. The molecule has 0 radical (unpaired) electrons. The first-order valence-electron chi connectivity index (χ1n) is 8.84. The van der Waals surface area contributed by atoms with E-state index in [1.54, 1.807) is 11.8 Å². The molecule has 3 atom stereocenters. The monoisotopic (exact) mass is 358 g/mol. The van der Waals surface area contributed by atoms with E-state index in [-0.39, 0.29) is 23.8 Å². The maximum absolute atomic E-state index is 12.6. The number of carbonyl (C=O) groups excluding carboxylic acids is 1. The second-order valence-electron chi connectivity index (χ2n) is 6.67. The molecule has 7 heteroatoms. The molecule has 1 amide bonds. The van der Waals surface area contributed by atoms with Gasteiger partial charge in [-0.15, -0.1) is 0 Å². The molecule has 2 aromatic rings. The van der Waals surface area contributed by atoms with Gasteiger partial charge in [0.1, 0.15) is 17.6 Å². The van der Waals surface area contributed by atoms with E-state index in [1.807, 2.05) is 50.6 Å². The summed E-state index contributed by atoms with van der Waals surface area (Å²) in [6.45, 7) is 3.87. The highest BCUT2D eigenvalue weighted by Crippen LogP contribution is 2.27. The highest BCUT2D eigenvalue weighted by Gasteiger charge is 2.34. The van der Waals surface area contributed by atoms with E-state index in [0.29, 0.717) is 13.1 Å². The van der Waals surface area contributed by atoms with Gasteiger partial charge in [0.15, 0.2) is 0 Å². The number of hydrogen-bond acceptors (Lipinski definition) is 5. The Hall–Kier alpha value is -2.54. The molecule has 2 N–H and O–H groups in total. The topological polar surface area (TPSA) is 77.4 Å². The smallest absolute Gasteiger partial charge is 0.225 e. The zero-order chi connectivity index (χ0) is 18.5. The Balaban J connectivity index is 1.50. The Morgan fingerprint density at radius 3 is 2.73 bits per heavy atom. The van der Waals surface area contributed by atoms with Crippen LogP contribution in [0, 0.1) is 5.92 Å². The Kier molecular flexibility index (Phi) is 5.78. The van der Waals surface area contributed by atoms with Crippen LogP contribution in [0.3, 0.4) is 0 Å². The summed E-state index contributed by atoms with van der Waals surface area (Å²) >= 11 is 0. The molecule has 1 fully saturated rings. The molecule has 0 saturated carbocycles. The van der Waals surface area contributed by atoms with E-state index >= 15 is 0 Å². The largest absolute Gasteiger partial charge is 0.497 e. The number of hydrogen-bond donors (Lipinski definition) is 2. The molecule has 0 aliphatic carbocycles. The number of benzene rings is 1. The number of rotatable bonds is 7. The molecule has 1 saturated heterocycles. The van der Waals surface area contributed by atoms with E-state index in [4.69, 9.17) is 9.47 Å². The zero-order valence-electron chi connectivity index (χ0n) is 15.4. The summed E-state index contributed by atoms with van der Waals surface area (Å²) in [6.07, 6.45) is 3.69. The van der Waals surface area contributed by atoms with Crippen molar-refractivity contribution in [2.75, 3.05) is 26.7 Å². The van der Waals surface area contributed by atoms with Crippen molar-refractivity contribution < 1.29 is 14.3 Å². The maximum Gasteiger partial charge on any atom is 0.225 e. The van der Waals surface area contributed by atoms with E-state index in [1.165, 1.54) is 0 Å². The molecule has 3 rings (SSSR count). The van der Waals surface area contributed by atoms with Gasteiger partial charge in [-0.25, -0.2) is 0 Å². The highest BCUT2D eigenvalue weighted by molar-refractivity contribution is 5.80.